The predicted molar refractivity (Wildman–Crippen MR) is 45.6 cm³/mol. The molecular weight excluding hydrogens is 160 g/mol. The molecule has 0 spiro atoms. The summed E-state index contributed by atoms with van der Waals surface area (Å²) in [5.41, 5.74) is 1.84. The van der Waals surface area contributed by atoms with E-state index >= 15 is 0 Å². The molecule has 0 saturated carbocycles. The summed E-state index contributed by atoms with van der Waals surface area (Å²) in [7, 11) is 0. The van der Waals surface area contributed by atoms with Gasteiger partial charge >= 0.3 is 0 Å². The van der Waals surface area contributed by atoms with Gasteiger partial charge in [0.05, 0.1) is 5.52 Å². The number of nitrogens with zero attached hydrogens (tertiary/aromatic N) is 1. The molecule has 1 aromatic heterocycles. The maximum Gasteiger partial charge on any atom is 0.158 e. The monoisotopic (exact) mass is 165 g/mol. The molecule has 2 aromatic rings. The maximum absolute atomic E-state index is 5.80. The Morgan fingerprint density at radius 3 is 3.00 bits per heavy atom. The SMILES string of the molecule is [CH2]c1cccc2[nH]nc(Cl)c12. The van der Waals surface area contributed by atoms with Crippen LogP contribution in [0.15, 0.2) is 18.2 Å². The molecule has 1 aromatic carbocycles. The van der Waals surface area contributed by atoms with E-state index in [2.05, 4.69) is 17.1 Å². The van der Waals surface area contributed by atoms with Crippen LogP contribution >= 0.6 is 11.6 Å². The zero-order chi connectivity index (χ0) is 7.84. The molecular formula is C8H6ClN2. The first kappa shape index (κ1) is 6.68. The quantitative estimate of drug-likeness (QED) is 0.638. The number of aromatic nitrogens is 2. The third-order valence-corrected chi connectivity index (χ3v) is 1.91. The van der Waals surface area contributed by atoms with Crippen LogP contribution in [0.1, 0.15) is 5.56 Å². The molecule has 55 valence electrons. The largest absolute Gasteiger partial charge is 0.276 e. The number of rotatable bonds is 0. The standard InChI is InChI=1S/C8H6ClN2/c1-5-3-2-4-6-7(5)8(9)11-10-6/h2-4H,1H2,(H,10,11). The van der Waals surface area contributed by atoms with Crippen LogP contribution < -0.4 is 0 Å². The number of aromatic amines is 1. The average Bonchev–Trinajstić information content (AvgIpc) is 2.34. The molecule has 0 fully saturated rings. The van der Waals surface area contributed by atoms with E-state index in [9.17, 15) is 0 Å². The Balaban J connectivity index is 2.96. The first-order chi connectivity index (χ1) is 5.29. The lowest BCUT2D eigenvalue weighted by molar-refractivity contribution is 1.12. The Labute approximate surface area is 69.2 Å². The van der Waals surface area contributed by atoms with E-state index in [1.807, 2.05) is 18.2 Å². The number of nitrogens with one attached hydrogen (secondary N) is 1. The number of hydrogen-bond donors (Lipinski definition) is 1. The van der Waals surface area contributed by atoms with E-state index in [-0.39, 0.29) is 0 Å². The third-order valence-electron chi connectivity index (χ3n) is 1.63. The van der Waals surface area contributed by atoms with Crippen molar-refractivity contribution in [3.8, 4) is 0 Å². The lowest BCUT2D eigenvalue weighted by atomic mass is 10.1. The van der Waals surface area contributed by atoms with Crippen molar-refractivity contribution in [2.24, 2.45) is 0 Å². The summed E-state index contributed by atoms with van der Waals surface area (Å²) < 4.78 is 0. The van der Waals surface area contributed by atoms with Gasteiger partial charge in [-0.05, 0) is 18.6 Å². The number of H-pyrrole nitrogens is 1. The van der Waals surface area contributed by atoms with Crippen molar-refractivity contribution in [2.45, 2.75) is 0 Å². The van der Waals surface area contributed by atoms with E-state index in [4.69, 9.17) is 11.6 Å². The topological polar surface area (TPSA) is 28.7 Å². The van der Waals surface area contributed by atoms with Gasteiger partial charge in [0.2, 0.25) is 0 Å². The molecule has 3 heteroatoms. The molecule has 1 heterocycles. The number of fused-ring (bicyclic) bond motifs is 1. The van der Waals surface area contributed by atoms with Gasteiger partial charge in [0.15, 0.2) is 5.15 Å². The van der Waals surface area contributed by atoms with Crippen molar-refractivity contribution in [1.82, 2.24) is 10.2 Å². The van der Waals surface area contributed by atoms with Gasteiger partial charge in [-0.2, -0.15) is 5.10 Å². The fourth-order valence-electron chi connectivity index (χ4n) is 1.10. The van der Waals surface area contributed by atoms with Crippen LogP contribution in [-0.4, -0.2) is 10.2 Å². The first-order valence-electron chi connectivity index (χ1n) is 3.23. The van der Waals surface area contributed by atoms with Crippen LogP contribution in [0.4, 0.5) is 0 Å². The third kappa shape index (κ3) is 0.906. The van der Waals surface area contributed by atoms with Gasteiger partial charge in [0.25, 0.3) is 0 Å². The van der Waals surface area contributed by atoms with Crippen LogP contribution in [0, 0.1) is 6.92 Å². The summed E-state index contributed by atoms with van der Waals surface area (Å²) in [6.07, 6.45) is 0. The maximum atomic E-state index is 5.80. The van der Waals surface area contributed by atoms with Gasteiger partial charge < -0.3 is 0 Å². The fraction of sp³-hybridized carbons (Fsp3) is 0. The second kappa shape index (κ2) is 2.24. The fourth-order valence-corrected chi connectivity index (χ4v) is 1.37. The van der Waals surface area contributed by atoms with Crippen molar-refractivity contribution in [1.29, 1.82) is 0 Å². The Bertz CT molecular complexity index is 392. The number of benzene rings is 1. The van der Waals surface area contributed by atoms with E-state index in [1.165, 1.54) is 0 Å². The molecule has 0 saturated heterocycles. The summed E-state index contributed by atoms with van der Waals surface area (Å²) in [4.78, 5) is 0. The molecule has 0 aliphatic carbocycles. The van der Waals surface area contributed by atoms with Crippen molar-refractivity contribution in [3.63, 3.8) is 0 Å². The molecule has 2 rings (SSSR count). The van der Waals surface area contributed by atoms with E-state index in [0.29, 0.717) is 5.15 Å². The van der Waals surface area contributed by atoms with Gasteiger partial charge in [-0.1, -0.05) is 23.7 Å². The highest BCUT2D eigenvalue weighted by atomic mass is 35.5. The second-order valence-electron chi connectivity index (χ2n) is 2.35. The smallest absolute Gasteiger partial charge is 0.158 e. The van der Waals surface area contributed by atoms with Crippen LogP contribution in [-0.2, 0) is 0 Å². The van der Waals surface area contributed by atoms with Crippen molar-refractivity contribution in [2.75, 3.05) is 0 Å². The van der Waals surface area contributed by atoms with E-state index in [1.54, 1.807) is 0 Å². The molecule has 0 aliphatic rings. The molecule has 11 heavy (non-hydrogen) atoms. The Kier molecular flexibility index (Phi) is 1.36. The Morgan fingerprint density at radius 1 is 1.45 bits per heavy atom. The average molecular weight is 166 g/mol. The molecule has 0 unspecified atom stereocenters. The minimum absolute atomic E-state index is 0.491. The Hall–Kier alpha value is -1.02. The van der Waals surface area contributed by atoms with Gasteiger partial charge in [-0.3, -0.25) is 5.10 Å². The van der Waals surface area contributed by atoms with E-state index < -0.39 is 0 Å². The molecule has 0 atom stereocenters. The summed E-state index contributed by atoms with van der Waals surface area (Å²) >= 11 is 5.80. The van der Waals surface area contributed by atoms with Gasteiger partial charge in [-0.25, -0.2) is 0 Å². The summed E-state index contributed by atoms with van der Waals surface area (Å²) in [6, 6.07) is 5.74. The normalized spacial score (nSPS) is 10.7. The summed E-state index contributed by atoms with van der Waals surface area (Å²) in [5, 5.41) is 8.07. The Morgan fingerprint density at radius 2 is 2.27 bits per heavy atom. The highest BCUT2D eigenvalue weighted by Gasteiger charge is 2.03. The first-order valence-corrected chi connectivity index (χ1v) is 3.61. The van der Waals surface area contributed by atoms with Crippen molar-refractivity contribution < 1.29 is 0 Å². The minimum atomic E-state index is 0.491. The molecule has 0 aliphatic heterocycles. The van der Waals surface area contributed by atoms with E-state index in [0.717, 1.165) is 16.5 Å². The van der Waals surface area contributed by atoms with Crippen molar-refractivity contribution in [3.05, 3.63) is 35.8 Å². The lowest BCUT2D eigenvalue weighted by Crippen LogP contribution is -1.72. The highest BCUT2D eigenvalue weighted by molar-refractivity contribution is 6.34. The van der Waals surface area contributed by atoms with Crippen molar-refractivity contribution >= 4 is 22.5 Å². The molecule has 0 bridgehead atoms. The summed E-state index contributed by atoms with van der Waals surface area (Å²) in [6.45, 7) is 3.84. The minimum Gasteiger partial charge on any atom is -0.276 e. The number of hydrogen-bond acceptors (Lipinski definition) is 1. The van der Waals surface area contributed by atoms with Crippen LogP contribution in [0.5, 0.6) is 0 Å². The van der Waals surface area contributed by atoms with Crippen LogP contribution in [0.2, 0.25) is 5.15 Å². The molecule has 0 amide bonds. The lowest BCUT2D eigenvalue weighted by Gasteiger charge is -1.92. The summed E-state index contributed by atoms with van der Waals surface area (Å²) in [5.74, 6) is 0. The van der Waals surface area contributed by atoms with Gasteiger partial charge in [0.1, 0.15) is 0 Å². The zero-order valence-electron chi connectivity index (χ0n) is 5.76. The second-order valence-corrected chi connectivity index (χ2v) is 2.71. The van der Waals surface area contributed by atoms with Gasteiger partial charge in [-0.15, -0.1) is 0 Å². The van der Waals surface area contributed by atoms with Crippen LogP contribution in [0.3, 0.4) is 0 Å². The highest BCUT2D eigenvalue weighted by Crippen LogP contribution is 2.22. The molecule has 1 radical (unpaired) electrons. The zero-order valence-corrected chi connectivity index (χ0v) is 6.52. The predicted octanol–water partition coefficient (Wildman–Crippen LogP) is 2.40. The molecule has 1 N–H and O–H groups in total. The van der Waals surface area contributed by atoms with Gasteiger partial charge in [0, 0.05) is 5.39 Å². The number of halogens is 1. The van der Waals surface area contributed by atoms with Crippen LogP contribution in [0.25, 0.3) is 10.9 Å². The molecule has 2 nitrogen and oxygen atoms in total.